The monoisotopic (exact) mass is 291 g/mol. The second-order valence-electron chi connectivity index (χ2n) is 5.28. The Labute approximate surface area is 126 Å². The summed E-state index contributed by atoms with van der Waals surface area (Å²) >= 11 is 0. The maximum absolute atomic E-state index is 12.6. The molecule has 0 unspecified atom stereocenters. The molecule has 0 radical (unpaired) electrons. The van der Waals surface area contributed by atoms with Crippen LogP contribution in [0.25, 0.3) is 10.9 Å². The van der Waals surface area contributed by atoms with Crippen LogP contribution in [0, 0.1) is 0 Å². The number of hydrogen-bond acceptors (Lipinski definition) is 3. The van der Waals surface area contributed by atoms with Gasteiger partial charge in [-0.05, 0) is 18.1 Å². The summed E-state index contributed by atoms with van der Waals surface area (Å²) in [5, 5.41) is 0.755. The lowest BCUT2D eigenvalue weighted by Crippen LogP contribution is -2.31. The minimum Gasteiger partial charge on any atom is -0.360 e. The molecule has 5 heteroatoms. The SMILES string of the molecule is O=C1c2ncc3[nH]ccc3c2C(=O)N1CCc1ccccc1. The number of nitrogens with zero attached hydrogens (tertiary/aromatic N) is 2. The smallest absolute Gasteiger partial charge is 0.280 e. The lowest BCUT2D eigenvalue weighted by Gasteiger charge is -2.13. The van der Waals surface area contributed by atoms with Gasteiger partial charge in [-0.2, -0.15) is 0 Å². The minimum absolute atomic E-state index is 0.255. The second kappa shape index (κ2) is 4.80. The van der Waals surface area contributed by atoms with Gasteiger partial charge in [-0.3, -0.25) is 14.5 Å². The number of amides is 2. The van der Waals surface area contributed by atoms with Crippen LogP contribution in [0.4, 0.5) is 0 Å². The van der Waals surface area contributed by atoms with Gasteiger partial charge in [0.25, 0.3) is 11.8 Å². The van der Waals surface area contributed by atoms with E-state index in [1.54, 1.807) is 12.4 Å². The number of rotatable bonds is 3. The Morgan fingerprint density at radius 1 is 1.05 bits per heavy atom. The molecule has 0 atom stereocenters. The molecular formula is C17H13N3O2. The summed E-state index contributed by atoms with van der Waals surface area (Å²) in [6, 6.07) is 11.6. The number of pyridine rings is 1. The van der Waals surface area contributed by atoms with Crippen LogP contribution in [0.2, 0.25) is 0 Å². The average molecular weight is 291 g/mol. The van der Waals surface area contributed by atoms with Gasteiger partial charge >= 0.3 is 0 Å². The van der Waals surface area contributed by atoms with Crippen LogP contribution in [0.3, 0.4) is 0 Å². The van der Waals surface area contributed by atoms with E-state index in [2.05, 4.69) is 9.97 Å². The number of imide groups is 1. The molecule has 22 heavy (non-hydrogen) atoms. The molecule has 0 spiro atoms. The molecule has 3 heterocycles. The Morgan fingerprint density at radius 3 is 2.68 bits per heavy atom. The van der Waals surface area contributed by atoms with Gasteiger partial charge < -0.3 is 4.98 Å². The fourth-order valence-electron chi connectivity index (χ4n) is 2.85. The van der Waals surface area contributed by atoms with E-state index in [0.717, 1.165) is 16.5 Å². The van der Waals surface area contributed by atoms with Crippen LogP contribution < -0.4 is 0 Å². The van der Waals surface area contributed by atoms with E-state index in [1.165, 1.54) is 4.90 Å². The van der Waals surface area contributed by atoms with Gasteiger partial charge in [0.2, 0.25) is 0 Å². The van der Waals surface area contributed by atoms with Gasteiger partial charge in [-0.15, -0.1) is 0 Å². The first-order valence-electron chi connectivity index (χ1n) is 7.12. The molecule has 0 bridgehead atoms. The highest BCUT2D eigenvalue weighted by Gasteiger charge is 2.38. The van der Waals surface area contributed by atoms with Gasteiger partial charge in [-0.25, -0.2) is 4.98 Å². The Morgan fingerprint density at radius 2 is 1.86 bits per heavy atom. The molecule has 5 nitrogen and oxygen atoms in total. The first-order valence-corrected chi connectivity index (χ1v) is 7.12. The van der Waals surface area contributed by atoms with Crippen molar-refractivity contribution in [2.75, 3.05) is 6.54 Å². The molecule has 0 saturated carbocycles. The van der Waals surface area contributed by atoms with E-state index in [-0.39, 0.29) is 17.5 Å². The normalized spacial score (nSPS) is 13.9. The predicted molar refractivity (Wildman–Crippen MR) is 81.6 cm³/mol. The summed E-state index contributed by atoms with van der Waals surface area (Å²) in [5.74, 6) is -0.562. The van der Waals surface area contributed by atoms with Crippen LogP contribution >= 0.6 is 0 Å². The van der Waals surface area contributed by atoms with Crippen molar-refractivity contribution in [2.45, 2.75) is 6.42 Å². The molecule has 1 N–H and O–H groups in total. The molecule has 0 fully saturated rings. The van der Waals surface area contributed by atoms with Gasteiger partial charge in [0.15, 0.2) is 0 Å². The number of hydrogen-bond donors (Lipinski definition) is 1. The predicted octanol–water partition coefficient (Wildman–Crippen LogP) is 2.40. The Hall–Kier alpha value is -2.95. The average Bonchev–Trinajstić information content (AvgIpc) is 3.11. The van der Waals surface area contributed by atoms with Crippen LogP contribution in [-0.4, -0.2) is 33.2 Å². The molecule has 1 aliphatic rings. The van der Waals surface area contributed by atoms with Crippen molar-refractivity contribution in [2.24, 2.45) is 0 Å². The van der Waals surface area contributed by atoms with Crippen molar-refractivity contribution in [3.8, 4) is 0 Å². The standard InChI is InChI=1S/C17H13N3O2/c21-16-14-12-6-8-18-13(12)10-19-15(14)17(22)20(16)9-7-11-4-2-1-3-5-11/h1-6,8,10,18H,7,9H2. The summed E-state index contributed by atoms with van der Waals surface area (Å²) in [5.41, 5.74) is 2.53. The number of aromatic amines is 1. The number of benzene rings is 1. The fraction of sp³-hybridized carbons (Fsp3) is 0.118. The zero-order valence-corrected chi connectivity index (χ0v) is 11.7. The number of H-pyrrole nitrogens is 1. The van der Waals surface area contributed by atoms with Crippen LogP contribution in [0.15, 0.2) is 48.8 Å². The number of fused-ring (bicyclic) bond motifs is 3. The van der Waals surface area contributed by atoms with Gasteiger partial charge in [0.05, 0.1) is 17.3 Å². The number of aromatic nitrogens is 2. The van der Waals surface area contributed by atoms with E-state index >= 15 is 0 Å². The summed E-state index contributed by atoms with van der Waals surface area (Å²) in [6.07, 6.45) is 3.99. The molecular weight excluding hydrogens is 278 g/mol. The highest BCUT2D eigenvalue weighted by molar-refractivity contribution is 6.25. The van der Waals surface area contributed by atoms with Crippen LogP contribution in [0.5, 0.6) is 0 Å². The van der Waals surface area contributed by atoms with Crippen molar-refractivity contribution in [1.82, 2.24) is 14.9 Å². The van der Waals surface area contributed by atoms with Crippen molar-refractivity contribution in [3.05, 3.63) is 65.6 Å². The third-order valence-corrected chi connectivity index (χ3v) is 3.98. The van der Waals surface area contributed by atoms with Gasteiger partial charge in [0, 0.05) is 18.1 Å². The first kappa shape index (κ1) is 12.8. The molecule has 0 saturated heterocycles. The third kappa shape index (κ3) is 1.83. The highest BCUT2D eigenvalue weighted by atomic mass is 16.2. The van der Waals surface area contributed by atoms with Crippen LogP contribution in [-0.2, 0) is 6.42 Å². The number of carbonyl (C=O) groups excluding carboxylic acids is 2. The lowest BCUT2D eigenvalue weighted by atomic mass is 10.1. The quantitative estimate of drug-likeness (QED) is 0.754. The Balaban J connectivity index is 1.66. The van der Waals surface area contributed by atoms with E-state index in [0.29, 0.717) is 18.5 Å². The van der Waals surface area contributed by atoms with E-state index in [4.69, 9.17) is 0 Å². The summed E-state index contributed by atoms with van der Waals surface area (Å²) in [4.78, 5) is 33.5. The molecule has 1 aromatic carbocycles. The topological polar surface area (TPSA) is 66.1 Å². The first-order chi connectivity index (χ1) is 10.8. The van der Waals surface area contributed by atoms with Crippen molar-refractivity contribution in [1.29, 1.82) is 0 Å². The fourth-order valence-corrected chi connectivity index (χ4v) is 2.85. The lowest BCUT2D eigenvalue weighted by molar-refractivity contribution is 0.0655. The van der Waals surface area contributed by atoms with E-state index in [9.17, 15) is 9.59 Å². The maximum Gasteiger partial charge on any atom is 0.280 e. The summed E-state index contributed by atoms with van der Waals surface area (Å²) in [6.45, 7) is 0.365. The van der Waals surface area contributed by atoms with E-state index in [1.807, 2.05) is 36.4 Å². The van der Waals surface area contributed by atoms with Crippen LogP contribution in [0.1, 0.15) is 26.4 Å². The van der Waals surface area contributed by atoms with Gasteiger partial charge in [0.1, 0.15) is 5.69 Å². The Kier molecular flexibility index (Phi) is 2.79. The van der Waals surface area contributed by atoms with Crippen molar-refractivity contribution < 1.29 is 9.59 Å². The molecule has 0 aliphatic carbocycles. The largest absolute Gasteiger partial charge is 0.360 e. The molecule has 2 aromatic heterocycles. The number of nitrogens with one attached hydrogen (secondary N) is 1. The van der Waals surface area contributed by atoms with E-state index < -0.39 is 0 Å². The van der Waals surface area contributed by atoms with Gasteiger partial charge in [-0.1, -0.05) is 30.3 Å². The molecule has 2 amide bonds. The number of carbonyl (C=O) groups is 2. The molecule has 4 rings (SSSR count). The minimum atomic E-state index is -0.306. The zero-order valence-electron chi connectivity index (χ0n) is 11.7. The second-order valence-corrected chi connectivity index (χ2v) is 5.28. The molecule has 108 valence electrons. The molecule has 1 aliphatic heterocycles. The molecule has 3 aromatic rings. The van der Waals surface area contributed by atoms with Crippen molar-refractivity contribution >= 4 is 22.7 Å². The highest BCUT2D eigenvalue weighted by Crippen LogP contribution is 2.28. The Bertz CT molecular complexity index is 883. The van der Waals surface area contributed by atoms with Crippen molar-refractivity contribution in [3.63, 3.8) is 0 Å². The maximum atomic E-state index is 12.6. The third-order valence-electron chi connectivity index (χ3n) is 3.98. The summed E-state index contributed by atoms with van der Waals surface area (Å²) < 4.78 is 0. The zero-order chi connectivity index (χ0) is 15.1. The summed E-state index contributed by atoms with van der Waals surface area (Å²) in [7, 11) is 0.